The van der Waals surface area contributed by atoms with Gasteiger partial charge < -0.3 is 0 Å². The van der Waals surface area contributed by atoms with Crippen LogP contribution >= 0.6 is 0 Å². The number of benzene rings is 4. The molecule has 35 heavy (non-hydrogen) atoms. The molecule has 8 nitrogen and oxygen atoms in total. The number of nitro benzene ring substituents is 1. The van der Waals surface area contributed by atoms with E-state index in [4.69, 9.17) is 4.84 Å². The van der Waals surface area contributed by atoms with Crippen LogP contribution in [0.3, 0.4) is 0 Å². The molecule has 0 saturated carbocycles. The summed E-state index contributed by atoms with van der Waals surface area (Å²) in [7, 11) is 0. The van der Waals surface area contributed by atoms with Crippen LogP contribution in [-0.2, 0) is 14.4 Å². The van der Waals surface area contributed by atoms with Gasteiger partial charge in [-0.3, -0.25) is 24.5 Å². The van der Waals surface area contributed by atoms with Crippen LogP contribution in [0.25, 0.3) is 10.8 Å². The lowest BCUT2D eigenvalue weighted by Gasteiger charge is -2.28. The highest BCUT2D eigenvalue weighted by molar-refractivity contribution is 6.24. The summed E-state index contributed by atoms with van der Waals surface area (Å²) in [6.45, 7) is 0. The highest BCUT2D eigenvalue weighted by Gasteiger charge is 2.60. The molecule has 0 aliphatic carbocycles. The van der Waals surface area contributed by atoms with Gasteiger partial charge in [0.15, 0.2) is 6.10 Å². The summed E-state index contributed by atoms with van der Waals surface area (Å²) >= 11 is 0. The average Bonchev–Trinajstić information content (AvgIpc) is 3.40. The quantitative estimate of drug-likeness (QED) is 0.244. The first kappa shape index (κ1) is 21.0. The number of imide groups is 1. The van der Waals surface area contributed by atoms with Crippen molar-refractivity contribution in [3.8, 4) is 0 Å². The number of rotatable bonds is 4. The maximum atomic E-state index is 13.8. The maximum absolute atomic E-state index is 13.8. The van der Waals surface area contributed by atoms with Crippen molar-refractivity contribution in [1.29, 1.82) is 0 Å². The third-order valence-electron chi connectivity index (χ3n) is 6.56. The average molecular weight is 465 g/mol. The number of nitrogens with zero attached hydrogens (tertiary/aromatic N) is 3. The number of hydrogen-bond donors (Lipinski definition) is 0. The van der Waals surface area contributed by atoms with Crippen molar-refractivity contribution in [2.75, 3.05) is 9.96 Å². The van der Waals surface area contributed by atoms with Gasteiger partial charge in [0, 0.05) is 12.1 Å². The van der Waals surface area contributed by atoms with E-state index in [1.165, 1.54) is 17.0 Å². The van der Waals surface area contributed by atoms with Crippen molar-refractivity contribution in [3.05, 3.63) is 113 Å². The molecule has 2 fully saturated rings. The van der Waals surface area contributed by atoms with E-state index in [2.05, 4.69) is 0 Å². The summed E-state index contributed by atoms with van der Waals surface area (Å²) < 4.78 is 0. The van der Waals surface area contributed by atoms with Crippen molar-refractivity contribution in [2.45, 2.75) is 12.1 Å². The monoisotopic (exact) mass is 465 g/mol. The Morgan fingerprint density at radius 1 is 0.743 bits per heavy atom. The number of anilines is 2. The first-order valence-corrected chi connectivity index (χ1v) is 11.1. The third kappa shape index (κ3) is 3.34. The van der Waals surface area contributed by atoms with Crippen LogP contribution in [0.4, 0.5) is 17.1 Å². The lowest BCUT2D eigenvalue weighted by Crippen LogP contribution is -2.37. The predicted octanol–water partition coefficient (Wildman–Crippen LogP) is 4.80. The minimum atomic E-state index is -1.01. The number of nitro groups is 1. The molecule has 0 N–H and O–H groups in total. The van der Waals surface area contributed by atoms with Gasteiger partial charge in [-0.1, -0.05) is 60.7 Å². The molecule has 4 aromatic rings. The largest absolute Gasteiger partial charge is 0.273 e. The third-order valence-corrected chi connectivity index (χ3v) is 6.56. The second-order valence-electron chi connectivity index (χ2n) is 8.55. The fourth-order valence-corrected chi connectivity index (χ4v) is 4.92. The van der Waals surface area contributed by atoms with Crippen molar-refractivity contribution in [3.63, 3.8) is 0 Å². The molecule has 6 rings (SSSR count). The van der Waals surface area contributed by atoms with Gasteiger partial charge in [0.2, 0.25) is 5.91 Å². The van der Waals surface area contributed by atoms with Crippen LogP contribution in [0, 0.1) is 16.0 Å². The molecule has 8 heteroatoms. The summed E-state index contributed by atoms with van der Waals surface area (Å²) in [6, 6.07) is 27.8. The van der Waals surface area contributed by atoms with E-state index in [0.717, 1.165) is 10.8 Å². The summed E-state index contributed by atoms with van der Waals surface area (Å²) in [4.78, 5) is 45.3. The molecular formula is C27H19N3O5. The lowest BCUT2D eigenvalue weighted by molar-refractivity contribution is -0.384. The minimum Gasteiger partial charge on any atom is -0.273 e. The topological polar surface area (TPSA) is 93.0 Å². The lowest BCUT2D eigenvalue weighted by atomic mass is 9.90. The number of non-ortho nitro benzene ring substituents is 1. The standard InChI is InChI=1S/C27H19N3O5/c31-26-23-24(18-11-13-21(14-12-18)30(33)34)29(20-8-2-1-3-9-20)35-25(23)27(32)28(26)22-15-10-17-6-4-5-7-19(17)16-22/h1-16,23-25H/t23-,24-,25+/m0/s1. The SMILES string of the molecule is O=C1[C@@H]2[C@@H](ON(c3ccccc3)[C@H]2c2ccc([N+](=O)[O-])cc2)C(=O)N1c1ccc2ccccc2c1. The number of para-hydroxylation sites is 1. The zero-order valence-electron chi connectivity index (χ0n) is 18.4. The van der Waals surface area contributed by atoms with Crippen LogP contribution in [-0.4, -0.2) is 22.8 Å². The fraction of sp³-hybridized carbons (Fsp3) is 0.111. The number of carbonyl (C=O) groups excluding carboxylic acids is 2. The van der Waals surface area contributed by atoms with Crippen molar-refractivity contribution in [1.82, 2.24) is 0 Å². The Balaban J connectivity index is 1.42. The molecule has 2 aliphatic heterocycles. The first-order chi connectivity index (χ1) is 17.0. The molecule has 0 aromatic heterocycles. The Bertz CT molecular complexity index is 1470. The van der Waals surface area contributed by atoms with Crippen LogP contribution in [0.15, 0.2) is 97.1 Å². The minimum absolute atomic E-state index is 0.0536. The van der Waals surface area contributed by atoms with E-state index < -0.39 is 28.9 Å². The Kier molecular flexibility index (Phi) is 4.82. The van der Waals surface area contributed by atoms with Crippen LogP contribution < -0.4 is 9.96 Å². The Hall–Kier alpha value is -4.56. The first-order valence-electron chi connectivity index (χ1n) is 11.1. The fourth-order valence-electron chi connectivity index (χ4n) is 4.92. The van der Waals surface area contributed by atoms with Gasteiger partial charge in [-0.25, -0.2) is 9.96 Å². The van der Waals surface area contributed by atoms with Gasteiger partial charge in [0.05, 0.1) is 22.3 Å². The predicted molar refractivity (Wildman–Crippen MR) is 130 cm³/mol. The second kappa shape index (κ2) is 8.03. The smallest absolute Gasteiger partial charge is 0.269 e. The Labute approximate surface area is 200 Å². The summed E-state index contributed by atoms with van der Waals surface area (Å²) in [5, 5.41) is 14.7. The number of amides is 2. The highest BCUT2D eigenvalue weighted by Crippen LogP contribution is 2.47. The molecule has 3 atom stereocenters. The zero-order valence-corrected chi connectivity index (χ0v) is 18.4. The molecule has 4 aromatic carbocycles. The van der Waals surface area contributed by atoms with Gasteiger partial charge in [-0.05, 0) is 40.6 Å². The van der Waals surface area contributed by atoms with Crippen molar-refractivity contribution < 1.29 is 19.3 Å². The summed E-state index contributed by atoms with van der Waals surface area (Å²) in [6.07, 6.45) is -1.01. The normalized spacial score (nSPS) is 21.5. The molecule has 0 bridgehead atoms. The van der Waals surface area contributed by atoms with Gasteiger partial charge in [0.25, 0.3) is 11.6 Å². The summed E-state index contributed by atoms with van der Waals surface area (Å²) in [5.74, 6) is -1.60. The molecule has 2 amide bonds. The molecule has 0 unspecified atom stereocenters. The second-order valence-corrected chi connectivity index (χ2v) is 8.55. The van der Waals surface area contributed by atoms with E-state index in [-0.39, 0.29) is 11.6 Å². The van der Waals surface area contributed by atoms with E-state index >= 15 is 0 Å². The van der Waals surface area contributed by atoms with E-state index in [1.54, 1.807) is 23.3 Å². The van der Waals surface area contributed by atoms with E-state index in [0.29, 0.717) is 16.9 Å². The van der Waals surface area contributed by atoms with Crippen molar-refractivity contribution >= 4 is 39.6 Å². The molecule has 2 saturated heterocycles. The molecule has 0 spiro atoms. The van der Waals surface area contributed by atoms with Crippen LogP contribution in [0.1, 0.15) is 11.6 Å². The number of carbonyl (C=O) groups is 2. The Morgan fingerprint density at radius 3 is 2.14 bits per heavy atom. The van der Waals surface area contributed by atoms with Crippen LogP contribution in [0.2, 0.25) is 0 Å². The number of hydroxylamine groups is 1. The Morgan fingerprint density at radius 2 is 1.43 bits per heavy atom. The maximum Gasteiger partial charge on any atom is 0.269 e. The number of hydrogen-bond acceptors (Lipinski definition) is 6. The zero-order chi connectivity index (χ0) is 24.1. The summed E-state index contributed by atoms with van der Waals surface area (Å²) in [5.41, 5.74) is 1.77. The molecule has 2 heterocycles. The van der Waals surface area contributed by atoms with Gasteiger partial charge in [-0.15, -0.1) is 0 Å². The van der Waals surface area contributed by atoms with Gasteiger partial charge >= 0.3 is 0 Å². The molecule has 172 valence electrons. The van der Waals surface area contributed by atoms with Gasteiger partial charge in [-0.2, -0.15) is 0 Å². The van der Waals surface area contributed by atoms with Gasteiger partial charge in [0.1, 0.15) is 5.92 Å². The molecule has 2 aliphatic rings. The van der Waals surface area contributed by atoms with Crippen LogP contribution in [0.5, 0.6) is 0 Å². The molecular weight excluding hydrogens is 446 g/mol. The van der Waals surface area contributed by atoms with E-state index in [9.17, 15) is 19.7 Å². The molecule has 0 radical (unpaired) electrons. The number of fused-ring (bicyclic) bond motifs is 2. The highest BCUT2D eigenvalue weighted by atomic mass is 16.7. The van der Waals surface area contributed by atoms with E-state index in [1.807, 2.05) is 66.7 Å². The van der Waals surface area contributed by atoms with Crippen molar-refractivity contribution in [2.24, 2.45) is 5.92 Å².